The molecule has 0 bridgehead atoms. The number of nitrogens with one attached hydrogen (secondary N) is 1. The monoisotopic (exact) mass is 432 g/mol. The van der Waals surface area contributed by atoms with Crippen LogP contribution < -0.4 is 4.72 Å². The van der Waals surface area contributed by atoms with Crippen LogP contribution in [0.2, 0.25) is 0 Å². The Labute approximate surface area is 175 Å². The highest BCUT2D eigenvalue weighted by atomic mass is 32.2. The molecule has 2 aromatic carbocycles. The number of para-hydroxylation sites is 1. The zero-order valence-electron chi connectivity index (χ0n) is 16.8. The van der Waals surface area contributed by atoms with Gasteiger partial charge in [-0.3, -0.25) is 19.6 Å². The summed E-state index contributed by atoms with van der Waals surface area (Å²) in [6.45, 7) is 1.17. The first-order valence-corrected chi connectivity index (χ1v) is 11.0. The van der Waals surface area contributed by atoms with Gasteiger partial charge in [-0.05, 0) is 45.1 Å². The van der Waals surface area contributed by atoms with Gasteiger partial charge in [0.25, 0.3) is 21.6 Å². The lowest BCUT2D eigenvalue weighted by Gasteiger charge is -2.36. The number of piperidine rings is 1. The molecule has 1 saturated heterocycles. The Bertz CT molecular complexity index is 1050. The number of hydrogen-bond acceptors (Lipinski definition) is 6. The summed E-state index contributed by atoms with van der Waals surface area (Å²) in [5.74, 6) is -0.251. The molecular formula is C20H24N4O5S. The Kier molecular flexibility index (Phi) is 6.37. The van der Waals surface area contributed by atoms with Gasteiger partial charge in [0.05, 0.1) is 21.1 Å². The third-order valence-corrected chi connectivity index (χ3v) is 6.52. The molecule has 0 saturated carbocycles. The summed E-state index contributed by atoms with van der Waals surface area (Å²) in [4.78, 5) is 27.0. The summed E-state index contributed by atoms with van der Waals surface area (Å²) in [7, 11) is -0.170. The van der Waals surface area contributed by atoms with Crippen LogP contribution in [0.4, 0.5) is 11.4 Å². The van der Waals surface area contributed by atoms with Gasteiger partial charge in [0.2, 0.25) is 0 Å². The summed E-state index contributed by atoms with van der Waals surface area (Å²) in [6.07, 6.45) is 1.87. The number of carbonyl (C=O) groups excluding carboxylic acids is 1. The third kappa shape index (κ3) is 4.77. The number of likely N-dealkylation sites (tertiary alicyclic amines) is 1. The van der Waals surface area contributed by atoms with Gasteiger partial charge < -0.3 is 9.80 Å². The Balaban J connectivity index is 1.87. The van der Waals surface area contributed by atoms with E-state index in [1.54, 1.807) is 23.1 Å². The van der Waals surface area contributed by atoms with E-state index in [-0.39, 0.29) is 33.8 Å². The molecule has 3 rings (SSSR count). The lowest BCUT2D eigenvalue weighted by molar-refractivity contribution is -0.385. The molecule has 1 amide bonds. The number of amides is 1. The van der Waals surface area contributed by atoms with Crippen LogP contribution in [0.3, 0.4) is 0 Å². The number of nitro groups is 1. The standard InChI is InChI=1S/C20H24N4O5S/c1-22(2)16-8-6-12-23(14-16)20(25)18-10-3-4-11-19(18)21-30(28,29)17-9-5-7-15(13-17)24(26)27/h3-5,7,9-11,13,16,21H,6,8,12,14H2,1-2H3. The van der Waals surface area contributed by atoms with E-state index in [0.29, 0.717) is 13.1 Å². The van der Waals surface area contributed by atoms with Gasteiger partial charge in [0.1, 0.15) is 0 Å². The normalized spacial score (nSPS) is 17.0. The predicted molar refractivity (Wildman–Crippen MR) is 113 cm³/mol. The minimum Gasteiger partial charge on any atom is -0.337 e. The molecule has 1 fully saturated rings. The van der Waals surface area contributed by atoms with E-state index in [0.717, 1.165) is 18.9 Å². The zero-order valence-corrected chi connectivity index (χ0v) is 17.6. The molecule has 1 heterocycles. The third-order valence-electron chi connectivity index (χ3n) is 5.15. The summed E-state index contributed by atoms with van der Waals surface area (Å²) in [5.41, 5.74) is 0.0529. The van der Waals surface area contributed by atoms with Gasteiger partial charge in [0.15, 0.2) is 0 Å². The molecule has 0 aromatic heterocycles. The fraction of sp³-hybridized carbons (Fsp3) is 0.350. The number of rotatable bonds is 6. The maximum atomic E-state index is 13.1. The Morgan fingerprint density at radius 3 is 2.63 bits per heavy atom. The van der Waals surface area contributed by atoms with E-state index in [9.17, 15) is 23.3 Å². The molecule has 1 aliphatic heterocycles. The highest BCUT2D eigenvalue weighted by molar-refractivity contribution is 7.92. The minimum atomic E-state index is -4.11. The smallest absolute Gasteiger partial charge is 0.270 e. The number of nitro benzene ring substituents is 1. The van der Waals surface area contributed by atoms with Crippen LogP contribution in [0.5, 0.6) is 0 Å². The van der Waals surface area contributed by atoms with Gasteiger partial charge >= 0.3 is 0 Å². The quantitative estimate of drug-likeness (QED) is 0.554. The predicted octanol–water partition coefficient (Wildman–Crippen LogP) is 2.56. The lowest BCUT2D eigenvalue weighted by atomic mass is 10.0. The highest BCUT2D eigenvalue weighted by Crippen LogP contribution is 2.25. The van der Waals surface area contributed by atoms with Crippen LogP contribution in [0.1, 0.15) is 23.2 Å². The van der Waals surface area contributed by atoms with E-state index in [1.807, 2.05) is 14.1 Å². The van der Waals surface area contributed by atoms with Crippen LogP contribution in [0, 0.1) is 10.1 Å². The number of hydrogen-bond donors (Lipinski definition) is 1. The van der Waals surface area contributed by atoms with Gasteiger partial charge in [0, 0.05) is 31.3 Å². The number of benzene rings is 2. The number of carbonyl (C=O) groups is 1. The number of likely N-dealkylation sites (N-methyl/N-ethyl adjacent to an activating group) is 1. The van der Waals surface area contributed by atoms with Gasteiger partial charge in [-0.15, -0.1) is 0 Å². The van der Waals surface area contributed by atoms with Crippen molar-refractivity contribution in [2.24, 2.45) is 0 Å². The van der Waals surface area contributed by atoms with Crippen molar-refractivity contribution in [2.75, 3.05) is 31.9 Å². The zero-order chi connectivity index (χ0) is 21.9. The van der Waals surface area contributed by atoms with Crippen LogP contribution in [-0.2, 0) is 10.0 Å². The number of nitrogens with zero attached hydrogens (tertiary/aromatic N) is 3. The molecule has 30 heavy (non-hydrogen) atoms. The summed E-state index contributed by atoms with van der Waals surface area (Å²) in [6, 6.07) is 11.4. The highest BCUT2D eigenvalue weighted by Gasteiger charge is 2.28. The van der Waals surface area contributed by atoms with Crippen molar-refractivity contribution in [2.45, 2.75) is 23.8 Å². The van der Waals surface area contributed by atoms with E-state index >= 15 is 0 Å². The molecule has 0 aliphatic carbocycles. The molecule has 1 aliphatic rings. The molecular weight excluding hydrogens is 408 g/mol. The molecule has 0 radical (unpaired) electrons. The maximum absolute atomic E-state index is 13.1. The first-order chi connectivity index (χ1) is 14.2. The minimum absolute atomic E-state index is 0.140. The van der Waals surface area contributed by atoms with Gasteiger partial charge in [-0.1, -0.05) is 18.2 Å². The van der Waals surface area contributed by atoms with Crippen molar-refractivity contribution < 1.29 is 18.1 Å². The van der Waals surface area contributed by atoms with Crippen molar-refractivity contribution in [3.05, 3.63) is 64.2 Å². The van der Waals surface area contributed by atoms with Gasteiger partial charge in [-0.25, -0.2) is 8.42 Å². The molecule has 0 spiro atoms. The van der Waals surface area contributed by atoms with Crippen molar-refractivity contribution in [1.29, 1.82) is 0 Å². The SMILES string of the molecule is CN(C)C1CCCN(C(=O)c2ccccc2NS(=O)(=O)c2cccc([N+](=O)[O-])c2)C1. The van der Waals surface area contributed by atoms with Crippen LogP contribution >= 0.6 is 0 Å². The molecule has 9 nitrogen and oxygen atoms in total. The second kappa shape index (κ2) is 8.80. The second-order valence-corrected chi connectivity index (χ2v) is 9.10. The number of non-ortho nitro benzene ring substituents is 1. The summed E-state index contributed by atoms with van der Waals surface area (Å²) in [5, 5.41) is 11.0. The van der Waals surface area contributed by atoms with Crippen LogP contribution in [0.25, 0.3) is 0 Å². The number of sulfonamides is 1. The topological polar surface area (TPSA) is 113 Å². The molecule has 2 aromatic rings. The first kappa shape index (κ1) is 21.7. The average molecular weight is 433 g/mol. The Morgan fingerprint density at radius 1 is 1.20 bits per heavy atom. The van der Waals surface area contributed by atoms with E-state index < -0.39 is 14.9 Å². The van der Waals surface area contributed by atoms with Crippen molar-refractivity contribution in [3.63, 3.8) is 0 Å². The Morgan fingerprint density at radius 2 is 1.93 bits per heavy atom. The van der Waals surface area contributed by atoms with Crippen molar-refractivity contribution >= 4 is 27.3 Å². The second-order valence-electron chi connectivity index (χ2n) is 7.42. The first-order valence-electron chi connectivity index (χ1n) is 9.51. The molecule has 160 valence electrons. The summed E-state index contributed by atoms with van der Waals surface area (Å²) < 4.78 is 28.0. The average Bonchev–Trinajstić information content (AvgIpc) is 2.73. The van der Waals surface area contributed by atoms with E-state index in [1.165, 1.54) is 24.3 Å². The fourth-order valence-corrected chi connectivity index (χ4v) is 4.58. The molecule has 1 unspecified atom stereocenters. The van der Waals surface area contributed by atoms with E-state index in [2.05, 4.69) is 9.62 Å². The van der Waals surface area contributed by atoms with Crippen LogP contribution in [-0.4, -0.2) is 62.3 Å². The van der Waals surface area contributed by atoms with E-state index in [4.69, 9.17) is 0 Å². The Hall–Kier alpha value is -2.98. The van der Waals surface area contributed by atoms with Crippen molar-refractivity contribution in [3.8, 4) is 0 Å². The van der Waals surface area contributed by atoms with Gasteiger partial charge in [-0.2, -0.15) is 0 Å². The molecule has 10 heteroatoms. The largest absolute Gasteiger partial charge is 0.337 e. The summed E-state index contributed by atoms with van der Waals surface area (Å²) >= 11 is 0. The van der Waals surface area contributed by atoms with Crippen molar-refractivity contribution in [1.82, 2.24) is 9.80 Å². The molecule has 1 N–H and O–H groups in total. The lowest BCUT2D eigenvalue weighted by Crippen LogP contribution is -2.47. The number of anilines is 1. The molecule has 1 atom stereocenters. The fourth-order valence-electron chi connectivity index (χ4n) is 3.46. The van der Waals surface area contributed by atoms with Crippen LogP contribution in [0.15, 0.2) is 53.4 Å². The maximum Gasteiger partial charge on any atom is 0.270 e.